The van der Waals surface area contributed by atoms with E-state index in [2.05, 4.69) is 0 Å². The van der Waals surface area contributed by atoms with Crippen LogP contribution in [-0.4, -0.2) is 24.5 Å². The summed E-state index contributed by atoms with van der Waals surface area (Å²) in [7, 11) is 1.70. The molecule has 0 spiro atoms. The van der Waals surface area contributed by atoms with Crippen molar-refractivity contribution in [1.82, 2.24) is 4.90 Å². The van der Waals surface area contributed by atoms with E-state index in [1.54, 1.807) is 30.1 Å². The molecule has 0 saturated carbocycles. The molecule has 0 N–H and O–H groups in total. The molecule has 0 atom stereocenters. The average molecular weight is 294 g/mol. The van der Waals surface area contributed by atoms with E-state index in [0.29, 0.717) is 17.3 Å². The Balaban J connectivity index is 1.87. The molecule has 106 valence electrons. The molecule has 1 heterocycles. The Morgan fingerprint density at radius 2 is 2.05 bits per heavy atom. The van der Waals surface area contributed by atoms with Gasteiger partial charge in [-0.3, -0.25) is 4.79 Å². The van der Waals surface area contributed by atoms with Crippen LogP contribution in [0, 0.1) is 6.92 Å². The molecular weight excluding hydrogens is 278 g/mol. The summed E-state index contributed by atoms with van der Waals surface area (Å²) in [6.07, 6.45) is 0. The molecule has 0 aliphatic rings. The van der Waals surface area contributed by atoms with Crippen LogP contribution >= 0.6 is 11.6 Å². The number of amides is 1. The van der Waals surface area contributed by atoms with Gasteiger partial charge in [-0.1, -0.05) is 23.7 Å². The standard InChI is InChI=1S/C15H16ClNO3/c1-11-7-8-12(20-11)9-17(2)15(18)10-19-14-6-4-3-5-13(14)16/h3-8H,9-10H2,1-2H3. The largest absolute Gasteiger partial charge is 0.482 e. The molecule has 0 radical (unpaired) electrons. The molecule has 0 bridgehead atoms. The van der Waals surface area contributed by atoms with Gasteiger partial charge in [0.05, 0.1) is 11.6 Å². The number of benzene rings is 1. The zero-order valence-corrected chi connectivity index (χ0v) is 12.2. The Bertz CT molecular complexity index is 594. The molecular formula is C15H16ClNO3. The number of aryl methyl sites for hydroxylation is 1. The van der Waals surface area contributed by atoms with Crippen molar-refractivity contribution >= 4 is 17.5 Å². The van der Waals surface area contributed by atoms with Crippen molar-refractivity contribution < 1.29 is 13.9 Å². The van der Waals surface area contributed by atoms with Gasteiger partial charge in [-0.15, -0.1) is 0 Å². The van der Waals surface area contributed by atoms with Gasteiger partial charge < -0.3 is 14.1 Å². The van der Waals surface area contributed by atoms with Gasteiger partial charge in [0.15, 0.2) is 6.61 Å². The highest BCUT2D eigenvalue weighted by Crippen LogP contribution is 2.23. The van der Waals surface area contributed by atoms with Gasteiger partial charge in [0.1, 0.15) is 17.3 Å². The number of halogens is 1. The Kier molecular flexibility index (Phi) is 4.69. The molecule has 0 aliphatic carbocycles. The lowest BCUT2D eigenvalue weighted by Crippen LogP contribution is -2.30. The highest BCUT2D eigenvalue weighted by Gasteiger charge is 2.12. The molecule has 1 aromatic heterocycles. The van der Waals surface area contributed by atoms with Crippen molar-refractivity contribution in [1.29, 1.82) is 0 Å². The predicted molar refractivity (Wildman–Crippen MR) is 76.9 cm³/mol. The predicted octanol–water partition coefficient (Wildman–Crippen LogP) is 3.28. The second-order valence-corrected chi connectivity index (χ2v) is 4.89. The molecule has 2 aromatic rings. The minimum absolute atomic E-state index is 0.0556. The highest BCUT2D eigenvalue weighted by molar-refractivity contribution is 6.32. The van der Waals surface area contributed by atoms with E-state index in [1.807, 2.05) is 25.1 Å². The van der Waals surface area contributed by atoms with Crippen LogP contribution in [0.3, 0.4) is 0 Å². The van der Waals surface area contributed by atoms with Crippen LogP contribution in [0.25, 0.3) is 0 Å². The van der Waals surface area contributed by atoms with E-state index in [-0.39, 0.29) is 12.5 Å². The van der Waals surface area contributed by atoms with Crippen molar-refractivity contribution in [3.05, 3.63) is 52.9 Å². The van der Waals surface area contributed by atoms with Gasteiger partial charge in [0, 0.05) is 7.05 Å². The summed E-state index contributed by atoms with van der Waals surface area (Å²) in [5.74, 6) is 1.94. The minimum atomic E-state index is -0.140. The normalized spacial score (nSPS) is 10.3. The Morgan fingerprint density at radius 1 is 1.30 bits per heavy atom. The van der Waals surface area contributed by atoms with E-state index >= 15 is 0 Å². The van der Waals surface area contributed by atoms with Crippen molar-refractivity contribution in [3.8, 4) is 5.75 Å². The SMILES string of the molecule is Cc1ccc(CN(C)C(=O)COc2ccccc2Cl)o1. The highest BCUT2D eigenvalue weighted by atomic mass is 35.5. The third-order valence-electron chi connectivity index (χ3n) is 2.80. The van der Waals surface area contributed by atoms with Crippen LogP contribution in [0.4, 0.5) is 0 Å². The maximum atomic E-state index is 12.0. The molecule has 20 heavy (non-hydrogen) atoms. The molecule has 0 unspecified atom stereocenters. The fraction of sp³-hybridized carbons (Fsp3) is 0.267. The molecule has 1 aromatic carbocycles. The number of ether oxygens (including phenoxy) is 1. The summed E-state index contributed by atoms with van der Waals surface area (Å²) in [6.45, 7) is 2.23. The number of carbonyl (C=O) groups is 1. The molecule has 0 saturated heterocycles. The van der Waals surface area contributed by atoms with Crippen molar-refractivity contribution in [2.24, 2.45) is 0 Å². The number of hydrogen-bond donors (Lipinski definition) is 0. The van der Waals surface area contributed by atoms with Crippen molar-refractivity contribution in [2.45, 2.75) is 13.5 Å². The van der Waals surface area contributed by atoms with Gasteiger partial charge in [-0.2, -0.15) is 0 Å². The molecule has 4 nitrogen and oxygen atoms in total. The molecule has 0 aliphatic heterocycles. The summed E-state index contributed by atoms with van der Waals surface area (Å²) in [6, 6.07) is 10.8. The molecule has 1 amide bonds. The smallest absolute Gasteiger partial charge is 0.260 e. The number of furan rings is 1. The van der Waals surface area contributed by atoms with Gasteiger partial charge in [-0.25, -0.2) is 0 Å². The summed E-state index contributed by atoms with van der Waals surface area (Å²) in [5, 5.41) is 0.490. The summed E-state index contributed by atoms with van der Waals surface area (Å²) >= 11 is 5.95. The third-order valence-corrected chi connectivity index (χ3v) is 3.11. The van der Waals surface area contributed by atoms with Gasteiger partial charge >= 0.3 is 0 Å². The van der Waals surface area contributed by atoms with Gasteiger partial charge in [0.25, 0.3) is 5.91 Å². The zero-order chi connectivity index (χ0) is 14.5. The quantitative estimate of drug-likeness (QED) is 0.849. The Labute approximate surface area is 122 Å². The van der Waals surface area contributed by atoms with Crippen LogP contribution in [0.1, 0.15) is 11.5 Å². The number of carbonyl (C=O) groups excluding carboxylic acids is 1. The topological polar surface area (TPSA) is 42.7 Å². The average Bonchev–Trinajstić information content (AvgIpc) is 2.82. The van der Waals surface area contributed by atoms with E-state index in [4.69, 9.17) is 20.8 Å². The maximum absolute atomic E-state index is 12.0. The lowest BCUT2D eigenvalue weighted by Gasteiger charge is -2.16. The first-order chi connectivity index (χ1) is 9.56. The van der Waals surface area contributed by atoms with E-state index in [0.717, 1.165) is 11.5 Å². The van der Waals surface area contributed by atoms with E-state index in [9.17, 15) is 4.79 Å². The van der Waals surface area contributed by atoms with E-state index < -0.39 is 0 Å². The first kappa shape index (κ1) is 14.5. The Hall–Kier alpha value is -1.94. The van der Waals surface area contributed by atoms with Crippen LogP contribution < -0.4 is 4.74 Å². The fourth-order valence-electron chi connectivity index (χ4n) is 1.70. The number of likely N-dealkylation sites (N-methyl/N-ethyl adjacent to an activating group) is 1. The van der Waals surface area contributed by atoms with Crippen LogP contribution in [-0.2, 0) is 11.3 Å². The number of nitrogens with zero attached hydrogens (tertiary/aromatic N) is 1. The van der Waals surface area contributed by atoms with Crippen LogP contribution in [0.2, 0.25) is 5.02 Å². The minimum Gasteiger partial charge on any atom is -0.482 e. The molecule has 5 heteroatoms. The van der Waals surface area contributed by atoms with Crippen LogP contribution in [0.5, 0.6) is 5.75 Å². The van der Waals surface area contributed by atoms with Gasteiger partial charge in [-0.05, 0) is 31.2 Å². The zero-order valence-electron chi connectivity index (χ0n) is 11.4. The first-order valence-electron chi connectivity index (χ1n) is 6.23. The summed E-state index contributed by atoms with van der Waals surface area (Å²) in [4.78, 5) is 13.5. The number of hydrogen-bond acceptors (Lipinski definition) is 3. The monoisotopic (exact) mass is 293 g/mol. The lowest BCUT2D eigenvalue weighted by atomic mass is 10.3. The fourth-order valence-corrected chi connectivity index (χ4v) is 1.89. The van der Waals surface area contributed by atoms with Crippen molar-refractivity contribution in [2.75, 3.05) is 13.7 Å². The lowest BCUT2D eigenvalue weighted by molar-refractivity contribution is -0.132. The number of para-hydroxylation sites is 1. The second-order valence-electron chi connectivity index (χ2n) is 4.48. The van der Waals surface area contributed by atoms with Crippen molar-refractivity contribution in [3.63, 3.8) is 0 Å². The summed E-state index contributed by atoms with van der Waals surface area (Å²) in [5.41, 5.74) is 0. The second kappa shape index (κ2) is 6.48. The number of rotatable bonds is 5. The van der Waals surface area contributed by atoms with Crippen LogP contribution in [0.15, 0.2) is 40.8 Å². The molecule has 0 fully saturated rings. The third kappa shape index (κ3) is 3.78. The summed E-state index contributed by atoms with van der Waals surface area (Å²) < 4.78 is 10.8. The molecule has 2 rings (SSSR count). The Morgan fingerprint density at radius 3 is 2.70 bits per heavy atom. The van der Waals surface area contributed by atoms with E-state index in [1.165, 1.54) is 0 Å². The first-order valence-corrected chi connectivity index (χ1v) is 6.60. The van der Waals surface area contributed by atoms with Gasteiger partial charge in [0.2, 0.25) is 0 Å². The maximum Gasteiger partial charge on any atom is 0.260 e.